The fourth-order valence-electron chi connectivity index (χ4n) is 4.77. The normalized spacial score (nSPS) is 17.2. The van der Waals surface area contributed by atoms with Gasteiger partial charge in [-0.15, -0.1) is 0 Å². The van der Waals surface area contributed by atoms with Crippen LogP contribution in [0.1, 0.15) is 56.0 Å². The molecule has 1 amide bonds. The quantitative estimate of drug-likeness (QED) is 0.244. The van der Waals surface area contributed by atoms with Gasteiger partial charge in [-0.2, -0.15) is 0 Å². The first-order chi connectivity index (χ1) is 17.6. The maximum absolute atomic E-state index is 13.5. The van der Waals surface area contributed by atoms with Gasteiger partial charge in [0.2, 0.25) is 0 Å². The molecule has 1 N–H and O–H groups in total. The molecular formula is C31H33NO5. The summed E-state index contributed by atoms with van der Waals surface area (Å²) >= 11 is 0. The maximum Gasteiger partial charge on any atom is 0.300 e. The molecule has 0 aromatic heterocycles. The van der Waals surface area contributed by atoms with Crippen LogP contribution >= 0.6 is 0 Å². The summed E-state index contributed by atoms with van der Waals surface area (Å²) in [6.45, 7) is 10.5. The molecule has 0 bridgehead atoms. The first-order valence-corrected chi connectivity index (χ1v) is 12.4. The number of hydrogen-bond acceptors (Lipinski definition) is 5. The molecule has 0 radical (unpaired) electrons. The highest BCUT2D eigenvalue weighted by atomic mass is 16.5. The van der Waals surface area contributed by atoms with Gasteiger partial charge in [0.25, 0.3) is 11.7 Å². The Kier molecular flexibility index (Phi) is 7.12. The smallest absolute Gasteiger partial charge is 0.300 e. The van der Waals surface area contributed by atoms with Gasteiger partial charge in [-0.3, -0.25) is 14.5 Å². The second-order valence-electron chi connectivity index (χ2n) is 10.1. The van der Waals surface area contributed by atoms with Crippen LogP contribution in [0.15, 0.2) is 72.3 Å². The van der Waals surface area contributed by atoms with Gasteiger partial charge in [0.1, 0.15) is 17.3 Å². The molecule has 6 nitrogen and oxygen atoms in total. The van der Waals surface area contributed by atoms with Crippen molar-refractivity contribution in [2.24, 2.45) is 0 Å². The summed E-state index contributed by atoms with van der Waals surface area (Å²) in [5.41, 5.74) is 3.24. The molecule has 1 heterocycles. The minimum absolute atomic E-state index is 0.0329. The van der Waals surface area contributed by atoms with Crippen LogP contribution in [-0.4, -0.2) is 30.5 Å². The predicted molar refractivity (Wildman–Crippen MR) is 145 cm³/mol. The van der Waals surface area contributed by atoms with E-state index in [2.05, 4.69) is 20.8 Å². The number of amides is 1. The average molecular weight is 500 g/mol. The van der Waals surface area contributed by atoms with Crippen LogP contribution in [0.25, 0.3) is 5.76 Å². The molecule has 4 rings (SSSR count). The number of rotatable bonds is 6. The molecule has 0 aliphatic carbocycles. The molecule has 37 heavy (non-hydrogen) atoms. The van der Waals surface area contributed by atoms with E-state index in [0.717, 1.165) is 16.9 Å². The molecule has 1 aliphatic heterocycles. The Labute approximate surface area is 218 Å². The number of aliphatic hydroxyl groups is 1. The van der Waals surface area contributed by atoms with Gasteiger partial charge in [0, 0.05) is 11.1 Å². The van der Waals surface area contributed by atoms with Crippen LogP contribution in [0.5, 0.6) is 11.5 Å². The third-order valence-electron chi connectivity index (χ3n) is 6.51. The molecule has 0 spiro atoms. The molecule has 1 aliphatic rings. The number of benzene rings is 3. The molecule has 1 atom stereocenters. The van der Waals surface area contributed by atoms with E-state index in [9.17, 15) is 14.7 Å². The Bertz CT molecular complexity index is 1380. The number of aryl methyl sites for hydroxylation is 1. The van der Waals surface area contributed by atoms with Gasteiger partial charge in [-0.25, -0.2) is 0 Å². The summed E-state index contributed by atoms with van der Waals surface area (Å²) in [5.74, 6) is -0.522. The lowest BCUT2D eigenvalue weighted by Crippen LogP contribution is -2.29. The van der Waals surface area contributed by atoms with Gasteiger partial charge in [0.15, 0.2) is 0 Å². The zero-order chi connectivity index (χ0) is 26.9. The number of Topliss-reactive ketones (excluding diaryl/α,β-unsaturated/α-hetero) is 1. The van der Waals surface area contributed by atoms with Crippen molar-refractivity contribution in [3.63, 3.8) is 0 Å². The number of ketones is 1. The number of carbonyl (C=O) groups excluding carboxylic acids is 2. The van der Waals surface area contributed by atoms with Crippen molar-refractivity contribution >= 4 is 23.1 Å². The second kappa shape index (κ2) is 10.1. The number of anilines is 1. The number of methoxy groups -OCH3 is 1. The minimum atomic E-state index is -0.833. The Morgan fingerprint density at radius 2 is 1.70 bits per heavy atom. The molecule has 3 aromatic rings. The van der Waals surface area contributed by atoms with E-state index < -0.39 is 17.7 Å². The zero-order valence-corrected chi connectivity index (χ0v) is 22.2. The number of para-hydroxylation sites is 2. The Morgan fingerprint density at radius 3 is 2.35 bits per heavy atom. The molecule has 1 unspecified atom stereocenters. The molecule has 1 saturated heterocycles. The average Bonchev–Trinajstić information content (AvgIpc) is 3.13. The van der Waals surface area contributed by atoms with Crippen molar-refractivity contribution in [3.8, 4) is 11.5 Å². The third-order valence-corrected chi connectivity index (χ3v) is 6.51. The van der Waals surface area contributed by atoms with Gasteiger partial charge >= 0.3 is 0 Å². The molecule has 0 saturated carbocycles. The Hall–Kier alpha value is -4.06. The van der Waals surface area contributed by atoms with Gasteiger partial charge in [-0.1, -0.05) is 62.7 Å². The fourth-order valence-corrected chi connectivity index (χ4v) is 4.77. The molecule has 1 fully saturated rings. The summed E-state index contributed by atoms with van der Waals surface area (Å²) < 4.78 is 11.3. The molecule has 192 valence electrons. The van der Waals surface area contributed by atoms with E-state index in [-0.39, 0.29) is 16.7 Å². The third kappa shape index (κ3) is 4.84. The van der Waals surface area contributed by atoms with Crippen molar-refractivity contribution in [2.45, 2.75) is 46.1 Å². The van der Waals surface area contributed by atoms with Crippen molar-refractivity contribution < 1.29 is 24.2 Å². The lowest BCUT2D eigenvalue weighted by atomic mass is 9.84. The topological polar surface area (TPSA) is 76.1 Å². The van der Waals surface area contributed by atoms with Crippen LogP contribution < -0.4 is 14.4 Å². The summed E-state index contributed by atoms with van der Waals surface area (Å²) in [6, 6.07) is 19.2. The fraction of sp³-hybridized carbons (Fsp3) is 0.290. The maximum atomic E-state index is 13.5. The van der Waals surface area contributed by atoms with E-state index in [1.165, 1.54) is 12.0 Å². The van der Waals surface area contributed by atoms with E-state index in [0.29, 0.717) is 29.2 Å². The predicted octanol–water partition coefficient (Wildman–Crippen LogP) is 6.33. The van der Waals surface area contributed by atoms with Crippen LogP contribution in [0, 0.1) is 6.92 Å². The van der Waals surface area contributed by atoms with Crippen LogP contribution in [0.2, 0.25) is 0 Å². The highest BCUT2D eigenvalue weighted by Crippen LogP contribution is 2.45. The molecule has 3 aromatic carbocycles. The summed E-state index contributed by atoms with van der Waals surface area (Å²) in [5, 5.41) is 11.6. The largest absolute Gasteiger partial charge is 0.507 e. The number of aliphatic hydroxyl groups excluding tert-OH is 1. The second-order valence-corrected chi connectivity index (χ2v) is 10.1. The summed E-state index contributed by atoms with van der Waals surface area (Å²) in [6.07, 6.45) is 0. The van der Waals surface area contributed by atoms with E-state index in [1.807, 2.05) is 44.2 Å². The lowest BCUT2D eigenvalue weighted by molar-refractivity contribution is -0.132. The summed E-state index contributed by atoms with van der Waals surface area (Å²) in [7, 11) is 1.52. The highest BCUT2D eigenvalue weighted by molar-refractivity contribution is 6.52. The van der Waals surface area contributed by atoms with E-state index >= 15 is 0 Å². The van der Waals surface area contributed by atoms with Crippen LogP contribution in [0.3, 0.4) is 0 Å². The Balaban J connectivity index is 1.98. The number of carbonyl (C=O) groups is 2. The van der Waals surface area contributed by atoms with Crippen molar-refractivity contribution in [1.82, 2.24) is 0 Å². The van der Waals surface area contributed by atoms with Gasteiger partial charge in [0.05, 0.1) is 31.0 Å². The van der Waals surface area contributed by atoms with Crippen molar-refractivity contribution in [2.75, 3.05) is 18.6 Å². The first-order valence-electron chi connectivity index (χ1n) is 12.4. The van der Waals surface area contributed by atoms with E-state index in [4.69, 9.17) is 9.47 Å². The lowest BCUT2D eigenvalue weighted by Gasteiger charge is -2.27. The number of ether oxygens (including phenoxy) is 2. The van der Waals surface area contributed by atoms with Gasteiger partial charge in [-0.05, 0) is 55.2 Å². The molecule has 6 heteroatoms. The summed E-state index contributed by atoms with van der Waals surface area (Å²) in [4.78, 5) is 28.5. The zero-order valence-electron chi connectivity index (χ0n) is 22.2. The number of nitrogens with zero attached hydrogens (tertiary/aromatic N) is 1. The number of hydrogen-bond donors (Lipinski definition) is 1. The van der Waals surface area contributed by atoms with Crippen LogP contribution in [0.4, 0.5) is 5.69 Å². The standard InChI is InChI=1S/C31H33NO5/c1-7-37-24-16-15-21(18-22(24)31(3,4)5)28(33)26-27(20-12-10-11-19(2)17-20)32(30(35)29(26)34)23-13-8-9-14-25(23)36-6/h8-18,27,33H,7H2,1-6H3/b28-26-. The molecular weight excluding hydrogens is 466 g/mol. The Morgan fingerprint density at radius 1 is 0.973 bits per heavy atom. The minimum Gasteiger partial charge on any atom is -0.507 e. The van der Waals surface area contributed by atoms with E-state index in [1.54, 1.807) is 36.4 Å². The van der Waals surface area contributed by atoms with Gasteiger partial charge < -0.3 is 14.6 Å². The van der Waals surface area contributed by atoms with Crippen LogP contribution in [-0.2, 0) is 15.0 Å². The van der Waals surface area contributed by atoms with Crippen molar-refractivity contribution in [1.29, 1.82) is 0 Å². The van der Waals surface area contributed by atoms with Crippen molar-refractivity contribution in [3.05, 3.63) is 94.6 Å². The highest BCUT2D eigenvalue weighted by Gasteiger charge is 2.47. The first kappa shape index (κ1) is 26.0. The monoisotopic (exact) mass is 499 g/mol. The SMILES string of the molecule is CCOc1ccc(/C(O)=C2/C(=O)C(=O)N(c3ccccc3OC)C2c2cccc(C)c2)cc1C(C)(C)C.